The Labute approximate surface area is 259 Å². The highest BCUT2D eigenvalue weighted by Gasteiger charge is 2.34. The molecule has 1 aliphatic heterocycles. The van der Waals surface area contributed by atoms with E-state index in [4.69, 9.17) is 9.98 Å². The zero-order chi connectivity index (χ0) is 30.5. The lowest BCUT2D eigenvalue weighted by atomic mass is 9.74. The van der Waals surface area contributed by atoms with Crippen molar-refractivity contribution >= 4 is 32.3 Å². The van der Waals surface area contributed by atoms with E-state index in [0.717, 1.165) is 16.4 Å². The molecule has 8 rings (SSSR count). The minimum atomic E-state index is -0.0782. The van der Waals surface area contributed by atoms with Crippen LogP contribution in [-0.2, 0) is 10.8 Å². The van der Waals surface area contributed by atoms with Gasteiger partial charge >= 0.3 is 0 Å². The van der Waals surface area contributed by atoms with Gasteiger partial charge in [-0.15, -0.1) is 0 Å². The van der Waals surface area contributed by atoms with Crippen LogP contribution in [0.2, 0.25) is 0 Å². The molecule has 1 aliphatic carbocycles. The first-order chi connectivity index (χ1) is 21.0. The molecule has 0 amide bonds. The van der Waals surface area contributed by atoms with Gasteiger partial charge in [-0.1, -0.05) is 109 Å². The molecule has 2 nitrogen and oxygen atoms in total. The van der Waals surface area contributed by atoms with Gasteiger partial charge in [-0.05, 0) is 113 Å². The fraction of sp³-hybridized carbons (Fsp3) is 0.238. The Morgan fingerprint density at radius 3 is 1.43 bits per heavy atom. The van der Waals surface area contributed by atoms with E-state index in [1.807, 2.05) is 0 Å². The van der Waals surface area contributed by atoms with Crippen molar-refractivity contribution in [3.63, 3.8) is 0 Å². The minimum absolute atomic E-state index is 0.0197. The lowest BCUT2D eigenvalue weighted by Crippen LogP contribution is -2.26. The summed E-state index contributed by atoms with van der Waals surface area (Å²) in [5.41, 5.74) is 8.72. The standard InChI is InChI=1S/C42H38N2/c1-24-39-29-12-8-10-14-31(29)40(32-15-11-9-13-30(32)39)44-38-23-28-19-26-21-34-33(20-25(26)18-27(28)22-37(38)43-24)35(41(2,3)4)16-17-36(34)42(5,6)7/h8-23,39-40H,1H2,2-7H3. The smallest absolute Gasteiger partial charge is 0.101 e. The summed E-state index contributed by atoms with van der Waals surface area (Å²) in [5.74, 6) is 0.0197. The van der Waals surface area contributed by atoms with E-state index >= 15 is 0 Å². The van der Waals surface area contributed by atoms with Gasteiger partial charge in [-0.25, -0.2) is 0 Å². The average Bonchev–Trinajstić information content (AvgIpc) is 3.05. The molecule has 2 bridgehead atoms. The lowest BCUT2D eigenvalue weighted by molar-refractivity contribution is 0.585. The third-order valence-corrected chi connectivity index (χ3v) is 9.71. The summed E-state index contributed by atoms with van der Waals surface area (Å²) in [6.45, 7) is 18.4. The maximum absolute atomic E-state index is 5.46. The number of hydrogen-bond acceptors (Lipinski definition) is 2. The first-order valence-corrected chi connectivity index (χ1v) is 15.8. The Kier molecular flexibility index (Phi) is 5.66. The largest absolute Gasteiger partial charge is 0.270 e. The third kappa shape index (κ3) is 4.08. The summed E-state index contributed by atoms with van der Waals surface area (Å²) >= 11 is 0. The topological polar surface area (TPSA) is 24.7 Å². The molecule has 2 aliphatic rings. The van der Waals surface area contributed by atoms with Gasteiger partial charge in [0.1, 0.15) is 6.04 Å². The van der Waals surface area contributed by atoms with Crippen LogP contribution >= 0.6 is 0 Å². The monoisotopic (exact) mass is 570 g/mol. The number of nitrogens with zero attached hydrogens (tertiary/aromatic N) is 2. The van der Waals surface area contributed by atoms with Crippen molar-refractivity contribution < 1.29 is 0 Å². The number of fused-ring (bicyclic) bond motifs is 7. The van der Waals surface area contributed by atoms with Gasteiger partial charge in [0.25, 0.3) is 0 Å². The normalized spacial score (nSPS) is 17.7. The number of hydrogen-bond donors (Lipinski definition) is 0. The Morgan fingerprint density at radius 2 is 0.955 bits per heavy atom. The SMILES string of the molecule is C=C1N=c2cc3cc4cc5c(C(C)(C)C)ccc(C(C)(C)C)c5cc4cc3cc2=NC2c3ccccc3C1c1ccccc12. The molecule has 2 heteroatoms. The molecular weight excluding hydrogens is 532 g/mol. The number of benzene rings is 6. The van der Waals surface area contributed by atoms with Crippen molar-refractivity contribution in [1.29, 1.82) is 0 Å². The second-order valence-electron chi connectivity index (χ2n) is 14.8. The molecular formula is C42H38N2. The highest BCUT2D eigenvalue weighted by atomic mass is 14.8. The third-order valence-electron chi connectivity index (χ3n) is 9.71. The van der Waals surface area contributed by atoms with Crippen LogP contribution in [0.25, 0.3) is 32.3 Å². The van der Waals surface area contributed by atoms with E-state index < -0.39 is 0 Å². The second-order valence-corrected chi connectivity index (χ2v) is 14.8. The van der Waals surface area contributed by atoms with Crippen molar-refractivity contribution in [1.82, 2.24) is 0 Å². The average molecular weight is 571 g/mol. The van der Waals surface area contributed by atoms with Crippen molar-refractivity contribution in [2.24, 2.45) is 9.98 Å². The predicted molar refractivity (Wildman–Crippen MR) is 184 cm³/mol. The Balaban J connectivity index is 1.43. The second kappa shape index (κ2) is 9.22. The summed E-state index contributed by atoms with van der Waals surface area (Å²) < 4.78 is 0. The molecule has 44 heavy (non-hydrogen) atoms. The minimum Gasteiger partial charge on any atom is -0.270 e. The molecule has 0 saturated heterocycles. The van der Waals surface area contributed by atoms with Crippen LogP contribution in [0.1, 0.15) is 86.9 Å². The molecule has 6 aromatic carbocycles. The molecule has 0 atom stereocenters. The van der Waals surface area contributed by atoms with Gasteiger partial charge < -0.3 is 0 Å². The first kappa shape index (κ1) is 27.0. The maximum Gasteiger partial charge on any atom is 0.101 e. The van der Waals surface area contributed by atoms with Crippen molar-refractivity contribution in [3.05, 3.63) is 153 Å². The lowest BCUT2D eigenvalue weighted by Gasteiger charge is -2.31. The van der Waals surface area contributed by atoms with Gasteiger partial charge in [0, 0.05) is 5.70 Å². The quantitative estimate of drug-likeness (QED) is 0.162. The van der Waals surface area contributed by atoms with E-state index in [2.05, 4.69) is 145 Å². The van der Waals surface area contributed by atoms with Gasteiger partial charge in [-0.3, -0.25) is 9.98 Å². The molecule has 0 radical (unpaired) electrons. The maximum atomic E-state index is 5.46. The fourth-order valence-corrected chi connectivity index (χ4v) is 7.61. The van der Waals surface area contributed by atoms with Gasteiger partial charge in [0.15, 0.2) is 0 Å². The predicted octanol–water partition coefficient (Wildman–Crippen LogP) is 9.74. The van der Waals surface area contributed by atoms with Crippen LogP contribution in [0.15, 0.2) is 119 Å². The summed E-state index contributed by atoms with van der Waals surface area (Å²) in [6.07, 6.45) is 0. The van der Waals surface area contributed by atoms with Crippen molar-refractivity contribution in [2.45, 2.75) is 64.3 Å². The molecule has 0 N–H and O–H groups in total. The van der Waals surface area contributed by atoms with Crippen molar-refractivity contribution in [3.8, 4) is 0 Å². The van der Waals surface area contributed by atoms with E-state index in [1.54, 1.807) is 0 Å². The number of rotatable bonds is 0. The van der Waals surface area contributed by atoms with Gasteiger partial charge in [0.05, 0.1) is 16.6 Å². The highest BCUT2D eigenvalue weighted by molar-refractivity contribution is 6.06. The summed E-state index contributed by atoms with van der Waals surface area (Å²) in [6, 6.07) is 36.0. The zero-order valence-corrected chi connectivity index (χ0v) is 26.5. The highest BCUT2D eigenvalue weighted by Crippen LogP contribution is 2.47. The van der Waals surface area contributed by atoms with Crippen LogP contribution in [0.3, 0.4) is 0 Å². The zero-order valence-electron chi connectivity index (χ0n) is 26.5. The fourth-order valence-electron chi connectivity index (χ4n) is 7.61. The molecule has 0 fully saturated rings. The van der Waals surface area contributed by atoms with Crippen molar-refractivity contribution in [2.75, 3.05) is 0 Å². The summed E-state index contributed by atoms with van der Waals surface area (Å²) in [7, 11) is 0. The molecule has 6 aromatic rings. The molecule has 216 valence electrons. The number of allylic oxidation sites excluding steroid dienone is 1. The van der Waals surface area contributed by atoms with E-state index in [1.165, 1.54) is 65.7 Å². The first-order valence-electron chi connectivity index (χ1n) is 15.8. The van der Waals surface area contributed by atoms with Crippen LogP contribution in [-0.4, -0.2) is 0 Å². The molecule has 0 spiro atoms. The molecule has 0 unspecified atom stereocenters. The van der Waals surface area contributed by atoms with Crippen LogP contribution < -0.4 is 10.7 Å². The van der Waals surface area contributed by atoms with Crippen LogP contribution in [0, 0.1) is 0 Å². The van der Waals surface area contributed by atoms with Gasteiger partial charge in [-0.2, -0.15) is 0 Å². The van der Waals surface area contributed by atoms with E-state index in [-0.39, 0.29) is 22.8 Å². The Hall–Kier alpha value is -4.56. The molecule has 0 saturated carbocycles. The molecule has 1 heterocycles. The van der Waals surface area contributed by atoms with Gasteiger partial charge in [0.2, 0.25) is 0 Å². The Morgan fingerprint density at radius 1 is 0.523 bits per heavy atom. The summed E-state index contributed by atoms with van der Waals surface area (Å²) in [5, 5.41) is 9.36. The van der Waals surface area contributed by atoms with Crippen LogP contribution in [0.5, 0.6) is 0 Å². The van der Waals surface area contributed by atoms with Crippen LogP contribution in [0.4, 0.5) is 0 Å². The van der Waals surface area contributed by atoms with E-state index in [0.29, 0.717) is 0 Å². The van der Waals surface area contributed by atoms with E-state index in [9.17, 15) is 0 Å². The summed E-state index contributed by atoms with van der Waals surface area (Å²) in [4.78, 5) is 10.7. The molecule has 0 aromatic heterocycles. The Bertz CT molecular complexity index is 2280.